The van der Waals surface area contributed by atoms with Crippen LogP contribution in [-0.4, -0.2) is 36.6 Å². The van der Waals surface area contributed by atoms with Gasteiger partial charge in [0.05, 0.1) is 0 Å². The van der Waals surface area contributed by atoms with Crippen molar-refractivity contribution in [1.29, 1.82) is 0 Å². The fourth-order valence-electron chi connectivity index (χ4n) is 2.94. The standard InChI is InChI=1S/C11H22N2/c1-11(6-3-4-7-11)13-8-5-10(9-13)12-2/h10,12H,3-9H2,1-2H3. The summed E-state index contributed by atoms with van der Waals surface area (Å²) in [6.45, 7) is 5.03. The van der Waals surface area contributed by atoms with E-state index in [1.165, 1.54) is 45.2 Å². The zero-order valence-corrected chi connectivity index (χ0v) is 8.97. The normalized spacial score (nSPS) is 34.2. The summed E-state index contributed by atoms with van der Waals surface area (Å²) in [5.74, 6) is 0. The summed E-state index contributed by atoms with van der Waals surface area (Å²) in [4.78, 5) is 2.71. The minimum absolute atomic E-state index is 0.547. The third kappa shape index (κ3) is 1.75. The maximum Gasteiger partial charge on any atom is 0.0204 e. The van der Waals surface area contributed by atoms with Crippen LogP contribution in [0.1, 0.15) is 39.0 Å². The van der Waals surface area contributed by atoms with Crippen molar-refractivity contribution in [2.24, 2.45) is 0 Å². The first-order valence-electron chi connectivity index (χ1n) is 5.67. The smallest absolute Gasteiger partial charge is 0.0204 e. The van der Waals surface area contributed by atoms with Crippen molar-refractivity contribution < 1.29 is 0 Å². The molecule has 1 aliphatic carbocycles. The fraction of sp³-hybridized carbons (Fsp3) is 1.00. The third-order valence-electron chi connectivity index (χ3n) is 4.04. The van der Waals surface area contributed by atoms with Crippen LogP contribution in [0.5, 0.6) is 0 Å². The number of likely N-dealkylation sites (N-methyl/N-ethyl adjacent to an activating group) is 1. The largest absolute Gasteiger partial charge is 0.316 e. The molecule has 1 saturated heterocycles. The first-order chi connectivity index (χ1) is 6.24. The van der Waals surface area contributed by atoms with Gasteiger partial charge in [0.1, 0.15) is 0 Å². The lowest BCUT2D eigenvalue weighted by atomic mass is 9.99. The second kappa shape index (κ2) is 3.58. The SMILES string of the molecule is CNC1CCN(C2(C)CCCC2)C1. The van der Waals surface area contributed by atoms with E-state index in [1.54, 1.807) is 0 Å². The Bertz CT molecular complexity index is 173. The van der Waals surface area contributed by atoms with Crippen LogP contribution in [0.2, 0.25) is 0 Å². The van der Waals surface area contributed by atoms with Crippen LogP contribution in [0.15, 0.2) is 0 Å². The van der Waals surface area contributed by atoms with Gasteiger partial charge in [-0.15, -0.1) is 0 Å². The molecule has 1 unspecified atom stereocenters. The average molecular weight is 182 g/mol. The van der Waals surface area contributed by atoms with E-state index in [0.717, 1.165) is 6.04 Å². The summed E-state index contributed by atoms with van der Waals surface area (Å²) in [5.41, 5.74) is 0.547. The molecule has 1 saturated carbocycles. The van der Waals surface area contributed by atoms with E-state index in [1.807, 2.05) is 0 Å². The molecule has 2 fully saturated rings. The Kier molecular flexibility index (Phi) is 2.61. The molecule has 1 heterocycles. The average Bonchev–Trinajstić information content (AvgIpc) is 2.72. The Labute approximate surface area is 81.7 Å². The minimum atomic E-state index is 0.547. The molecule has 1 aliphatic heterocycles. The molecule has 0 bridgehead atoms. The second-order valence-corrected chi connectivity index (χ2v) is 4.92. The summed E-state index contributed by atoms with van der Waals surface area (Å²) in [5, 5.41) is 3.39. The van der Waals surface area contributed by atoms with Crippen LogP contribution in [0.25, 0.3) is 0 Å². The molecule has 0 spiro atoms. The van der Waals surface area contributed by atoms with Gasteiger partial charge in [0.25, 0.3) is 0 Å². The number of hydrogen-bond acceptors (Lipinski definition) is 2. The van der Waals surface area contributed by atoms with Gasteiger partial charge in [-0.05, 0) is 33.2 Å². The lowest BCUT2D eigenvalue weighted by Crippen LogP contribution is -2.44. The van der Waals surface area contributed by atoms with Crippen molar-refractivity contribution in [2.75, 3.05) is 20.1 Å². The summed E-state index contributed by atoms with van der Waals surface area (Å²) in [6, 6.07) is 0.748. The first kappa shape index (κ1) is 9.47. The van der Waals surface area contributed by atoms with Crippen LogP contribution < -0.4 is 5.32 Å². The van der Waals surface area contributed by atoms with Gasteiger partial charge in [0, 0.05) is 24.7 Å². The Morgan fingerprint density at radius 3 is 2.54 bits per heavy atom. The quantitative estimate of drug-likeness (QED) is 0.698. The summed E-state index contributed by atoms with van der Waals surface area (Å²) >= 11 is 0. The maximum atomic E-state index is 3.39. The molecule has 1 N–H and O–H groups in total. The Balaban J connectivity index is 1.94. The maximum absolute atomic E-state index is 3.39. The molecule has 0 radical (unpaired) electrons. The Morgan fingerprint density at radius 1 is 1.31 bits per heavy atom. The highest BCUT2D eigenvalue weighted by Gasteiger charge is 2.38. The van der Waals surface area contributed by atoms with Crippen molar-refractivity contribution in [3.63, 3.8) is 0 Å². The summed E-state index contributed by atoms with van der Waals surface area (Å²) < 4.78 is 0. The van der Waals surface area contributed by atoms with Crippen molar-refractivity contribution in [1.82, 2.24) is 10.2 Å². The lowest BCUT2D eigenvalue weighted by molar-refractivity contribution is 0.139. The molecule has 2 nitrogen and oxygen atoms in total. The minimum Gasteiger partial charge on any atom is -0.316 e. The number of nitrogens with zero attached hydrogens (tertiary/aromatic N) is 1. The lowest BCUT2D eigenvalue weighted by Gasteiger charge is -2.35. The van der Waals surface area contributed by atoms with Crippen LogP contribution in [0.4, 0.5) is 0 Å². The third-order valence-corrected chi connectivity index (χ3v) is 4.04. The van der Waals surface area contributed by atoms with Gasteiger partial charge in [-0.1, -0.05) is 12.8 Å². The molecule has 0 aromatic heterocycles. The molecule has 2 rings (SSSR count). The molecule has 13 heavy (non-hydrogen) atoms. The molecule has 76 valence electrons. The van der Waals surface area contributed by atoms with E-state index in [4.69, 9.17) is 0 Å². The first-order valence-corrected chi connectivity index (χ1v) is 5.67. The van der Waals surface area contributed by atoms with E-state index < -0.39 is 0 Å². The molecular formula is C11H22N2. The highest BCUT2D eigenvalue weighted by molar-refractivity contribution is 4.95. The van der Waals surface area contributed by atoms with Gasteiger partial charge in [-0.2, -0.15) is 0 Å². The number of rotatable bonds is 2. The van der Waals surface area contributed by atoms with E-state index >= 15 is 0 Å². The number of nitrogens with one attached hydrogen (secondary N) is 1. The molecule has 0 aromatic rings. The van der Waals surface area contributed by atoms with Crippen molar-refractivity contribution in [2.45, 2.75) is 50.6 Å². The summed E-state index contributed by atoms with van der Waals surface area (Å²) in [7, 11) is 2.09. The zero-order valence-electron chi connectivity index (χ0n) is 8.97. The van der Waals surface area contributed by atoms with Gasteiger partial charge < -0.3 is 5.32 Å². The molecule has 0 amide bonds. The van der Waals surface area contributed by atoms with Gasteiger partial charge >= 0.3 is 0 Å². The molecule has 0 aromatic carbocycles. The molecule has 1 atom stereocenters. The van der Waals surface area contributed by atoms with Crippen LogP contribution in [0.3, 0.4) is 0 Å². The number of hydrogen-bond donors (Lipinski definition) is 1. The zero-order chi connectivity index (χ0) is 9.31. The fourth-order valence-corrected chi connectivity index (χ4v) is 2.94. The van der Waals surface area contributed by atoms with E-state index in [2.05, 4.69) is 24.2 Å². The topological polar surface area (TPSA) is 15.3 Å². The van der Waals surface area contributed by atoms with E-state index in [0.29, 0.717) is 5.54 Å². The van der Waals surface area contributed by atoms with Crippen LogP contribution in [-0.2, 0) is 0 Å². The summed E-state index contributed by atoms with van der Waals surface area (Å²) in [6.07, 6.45) is 7.06. The van der Waals surface area contributed by atoms with Gasteiger partial charge in [-0.3, -0.25) is 4.90 Å². The monoisotopic (exact) mass is 182 g/mol. The number of likely N-dealkylation sites (tertiary alicyclic amines) is 1. The van der Waals surface area contributed by atoms with Crippen LogP contribution >= 0.6 is 0 Å². The van der Waals surface area contributed by atoms with Gasteiger partial charge in [0.2, 0.25) is 0 Å². The van der Waals surface area contributed by atoms with Crippen molar-refractivity contribution in [3.8, 4) is 0 Å². The predicted molar refractivity (Wildman–Crippen MR) is 55.9 cm³/mol. The molecule has 2 aliphatic rings. The Hall–Kier alpha value is -0.0800. The van der Waals surface area contributed by atoms with Crippen molar-refractivity contribution >= 4 is 0 Å². The molecule has 2 heteroatoms. The van der Waals surface area contributed by atoms with Gasteiger partial charge in [-0.25, -0.2) is 0 Å². The second-order valence-electron chi connectivity index (χ2n) is 4.92. The van der Waals surface area contributed by atoms with Crippen molar-refractivity contribution in [3.05, 3.63) is 0 Å². The van der Waals surface area contributed by atoms with Crippen LogP contribution in [0, 0.1) is 0 Å². The van der Waals surface area contributed by atoms with Gasteiger partial charge in [0.15, 0.2) is 0 Å². The highest BCUT2D eigenvalue weighted by Crippen LogP contribution is 2.36. The molecular weight excluding hydrogens is 160 g/mol. The Morgan fingerprint density at radius 2 is 2.00 bits per heavy atom. The van der Waals surface area contributed by atoms with E-state index in [-0.39, 0.29) is 0 Å². The van der Waals surface area contributed by atoms with E-state index in [9.17, 15) is 0 Å². The highest BCUT2D eigenvalue weighted by atomic mass is 15.2. The predicted octanol–water partition coefficient (Wildman–Crippen LogP) is 1.61.